The Labute approximate surface area is 139 Å². The largest absolute Gasteiger partial charge is 0.418 e. The van der Waals surface area contributed by atoms with E-state index in [4.69, 9.17) is 18.0 Å². The number of thiocarbonyl (C=S) groups is 1. The van der Waals surface area contributed by atoms with Crippen LogP contribution in [0.1, 0.15) is 24.8 Å². The number of hydrogen-bond acceptors (Lipinski definition) is 2. The maximum absolute atomic E-state index is 13.2. The Bertz CT molecular complexity index is 590. The van der Waals surface area contributed by atoms with Crippen molar-refractivity contribution >= 4 is 23.0 Å². The van der Waals surface area contributed by atoms with Crippen molar-refractivity contribution in [2.24, 2.45) is 17.6 Å². The third kappa shape index (κ3) is 3.39. The summed E-state index contributed by atoms with van der Waals surface area (Å²) in [5.74, 6) is 0.729. The molecule has 1 aromatic carbocycles. The summed E-state index contributed by atoms with van der Waals surface area (Å²) in [6.07, 6.45) is -1.38. The molecule has 1 saturated carbocycles. The molecule has 0 unspecified atom stereocenters. The van der Waals surface area contributed by atoms with Gasteiger partial charge in [-0.05, 0) is 43.1 Å². The summed E-state index contributed by atoms with van der Waals surface area (Å²) < 4.78 is 39.5. The van der Waals surface area contributed by atoms with Crippen LogP contribution in [-0.4, -0.2) is 29.1 Å². The summed E-state index contributed by atoms with van der Waals surface area (Å²) in [5.41, 5.74) is 5.28. The zero-order valence-electron chi connectivity index (χ0n) is 12.6. The molecule has 3 nitrogen and oxygen atoms in total. The Balaban J connectivity index is 1.79. The highest BCUT2D eigenvalue weighted by molar-refractivity contribution is 7.80. The molecule has 2 aliphatic rings. The van der Waals surface area contributed by atoms with Crippen molar-refractivity contribution in [1.29, 1.82) is 0 Å². The van der Waals surface area contributed by atoms with Gasteiger partial charge in [-0.25, -0.2) is 0 Å². The summed E-state index contributed by atoms with van der Waals surface area (Å²) in [7, 11) is 0. The van der Waals surface area contributed by atoms with Crippen LogP contribution >= 0.6 is 12.2 Å². The van der Waals surface area contributed by atoms with Crippen LogP contribution in [0, 0.1) is 11.8 Å². The van der Waals surface area contributed by atoms with Gasteiger partial charge in [0.2, 0.25) is 0 Å². The van der Waals surface area contributed by atoms with E-state index >= 15 is 0 Å². The lowest BCUT2D eigenvalue weighted by Crippen LogP contribution is -2.38. The summed E-state index contributed by atoms with van der Waals surface area (Å²) in [6, 6.07) is 5.71. The van der Waals surface area contributed by atoms with Gasteiger partial charge in [0.1, 0.15) is 0 Å². The number of benzene rings is 1. The molecular weight excluding hydrogens is 323 g/mol. The van der Waals surface area contributed by atoms with E-state index < -0.39 is 11.7 Å². The minimum Gasteiger partial charge on any atom is -0.381 e. The third-order valence-electron chi connectivity index (χ3n) is 4.98. The molecule has 0 bridgehead atoms. The zero-order chi connectivity index (χ0) is 16.6. The van der Waals surface area contributed by atoms with E-state index in [9.17, 15) is 13.2 Å². The first kappa shape index (κ1) is 16.4. The van der Waals surface area contributed by atoms with Gasteiger partial charge < -0.3 is 16.0 Å². The Morgan fingerprint density at radius 1 is 1.22 bits per heavy atom. The molecule has 2 fully saturated rings. The minimum atomic E-state index is -4.35. The van der Waals surface area contributed by atoms with Crippen molar-refractivity contribution in [1.82, 2.24) is 4.90 Å². The zero-order valence-corrected chi connectivity index (χ0v) is 13.5. The fourth-order valence-corrected chi connectivity index (χ4v) is 4.04. The summed E-state index contributed by atoms with van der Waals surface area (Å²) in [4.78, 5) is 1.97. The van der Waals surface area contributed by atoms with Gasteiger partial charge in [-0.1, -0.05) is 18.6 Å². The molecule has 7 heteroatoms. The van der Waals surface area contributed by atoms with Crippen LogP contribution < -0.4 is 11.1 Å². The van der Waals surface area contributed by atoms with Crippen LogP contribution in [0.15, 0.2) is 24.3 Å². The number of hydrogen-bond donors (Lipinski definition) is 2. The normalized spacial score (nSPS) is 27.6. The number of fused-ring (bicyclic) bond motifs is 1. The first-order valence-corrected chi connectivity index (χ1v) is 8.24. The number of alkyl halides is 3. The highest BCUT2D eigenvalue weighted by Gasteiger charge is 2.41. The lowest BCUT2D eigenvalue weighted by atomic mass is 9.78. The maximum atomic E-state index is 13.2. The molecule has 0 radical (unpaired) electrons. The molecule has 3 atom stereocenters. The SMILES string of the molecule is NC(=S)N1C[C@H]2CCC[C@@H](Nc3ccccc3C(F)(F)F)[C@H]2C1. The molecule has 126 valence electrons. The highest BCUT2D eigenvalue weighted by atomic mass is 32.1. The molecule has 23 heavy (non-hydrogen) atoms. The number of nitrogens with two attached hydrogens (primary N) is 1. The van der Waals surface area contributed by atoms with Gasteiger partial charge in [-0.3, -0.25) is 0 Å². The van der Waals surface area contributed by atoms with Crippen molar-refractivity contribution in [3.05, 3.63) is 29.8 Å². The van der Waals surface area contributed by atoms with Crippen molar-refractivity contribution in [2.75, 3.05) is 18.4 Å². The smallest absolute Gasteiger partial charge is 0.381 e. The molecule has 0 aromatic heterocycles. The van der Waals surface area contributed by atoms with Crippen molar-refractivity contribution in [2.45, 2.75) is 31.5 Å². The standard InChI is InChI=1S/C16H20F3N3S/c17-16(18,19)12-5-1-2-6-14(12)21-13-7-3-4-10-8-22(15(20)23)9-11(10)13/h1-2,5-6,10-11,13,21H,3-4,7-9H2,(H2,20,23)/t10-,11+,13-/m1/s1. The van der Waals surface area contributed by atoms with Crippen LogP contribution in [0.4, 0.5) is 18.9 Å². The molecule has 3 rings (SSSR count). The second kappa shape index (κ2) is 6.19. The minimum absolute atomic E-state index is 0.0246. The average Bonchev–Trinajstić information content (AvgIpc) is 2.92. The van der Waals surface area contributed by atoms with Gasteiger partial charge in [0, 0.05) is 30.7 Å². The van der Waals surface area contributed by atoms with Gasteiger partial charge in [-0.15, -0.1) is 0 Å². The number of anilines is 1. The fourth-order valence-electron chi connectivity index (χ4n) is 3.89. The lowest BCUT2D eigenvalue weighted by molar-refractivity contribution is -0.137. The van der Waals surface area contributed by atoms with E-state index in [1.54, 1.807) is 6.07 Å². The number of nitrogens with one attached hydrogen (secondary N) is 1. The number of halogens is 3. The molecule has 1 aliphatic carbocycles. The maximum Gasteiger partial charge on any atom is 0.418 e. The average molecular weight is 343 g/mol. The van der Waals surface area contributed by atoms with E-state index in [-0.39, 0.29) is 17.6 Å². The van der Waals surface area contributed by atoms with Gasteiger partial charge in [-0.2, -0.15) is 13.2 Å². The molecule has 3 N–H and O–H groups in total. The first-order chi connectivity index (χ1) is 10.9. The molecule has 1 heterocycles. The van der Waals surface area contributed by atoms with Crippen LogP contribution in [0.5, 0.6) is 0 Å². The number of nitrogens with zero attached hydrogens (tertiary/aromatic N) is 1. The van der Waals surface area contributed by atoms with Crippen molar-refractivity contribution in [3.8, 4) is 0 Å². The highest BCUT2D eigenvalue weighted by Crippen LogP contribution is 2.40. The molecule has 1 aliphatic heterocycles. The van der Waals surface area contributed by atoms with E-state index in [1.165, 1.54) is 12.1 Å². The van der Waals surface area contributed by atoms with Gasteiger partial charge in [0.05, 0.1) is 5.56 Å². The Morgan fingerprint density at radius 3 is 2.65 bits per heavy atom. The Kier molecular flexibility index (Phi) is 4.40. The number of rotatable bonds is 2. The van der Waals surface area contributed by atoms with E-state index in [0.717, 1.165) is 38.4 Å². The number of likely N-dealkylation sites (tertiary alicyclic amines) is 1. The molecule has 0 spiro atoms. The van der Waals surface area contributed by atoms with Crippen LogP contribution in [0.3, 0.4) is 0 Å². The van der Waals surface area contributed by atoms with E-state index in [1.807, 2.05) is 4.90 Å². The predicted molar refractivity (Wildman–Crippen MR) is 88.0 cm³/mol. The van der Waals surface area contributed by atoms with Gasteiger partial charge in [0.25, 0.3) is 0 Å². The third-order valence-corrected chi connectivity index (χ3v) is 5.24. The number of para-hydroxylation sites is 1. The second-order valence-corrected chi connectivity index (χ2v) is 6.81. The summed E-state index contributed by atoms with van der Waals surface area (Å²) >= 11 is 5.05. The first-order valence-electron chi connectivity index (χ1n) is 7.83. The molecular formula is C16H20F3N3S. The van der Waals surface area contributed by atoms with E-state index in [2.05, 4.69) is 5.32 Å². The lowest BCUT2D eigenvalue weighted by Gasteiger charge is -2.34. The topological polar surface area (TPSA) is 41.3 Å². The van der Waals surface area contributed by atoms with Crippen molar-refractivity contribution in [3.63, 3.8) is 0 Å². The second-order valence-electron chi connectivity index (χ2n) is 6.39. The van der Waals surface area contributed by atoms with E-state index in [0.29, 0.717) is 11.0 Å². The van der Waals surface area contributed by atoms with Gasteiger partial charge in [0.15, 0.2) is 5.11 Å². The summed E-state index contributed by atoms with van der Waals surface area (Å²) in [6.45, 7) is 1.55. The quantitative estimate of drug-likeness (QED) is 0.807. The molecule has 0 amide bonds. The fraction of sp³-hybridized carbons (Fsp3) is 0.562. The van der Waals surface area contributed by atoms with Crippen LogP contribution in [-0.2, 0) is 6.18 Å². The Morgan fingerprint density at radius 2 is 1.96 bits per heavy atom. The van der Waals surface area contributed by atoms with Crippen molar-refractivity contribution < 1.29 is 13.2 Å². The summed E-state index contributed by atoms with van der Waals surface area (Å²) in [5, 5.41) is 3.54. The monoisotopic (exact) mass is 343 g/mol. The molecule has 1 saturated heterocycles. The van der Waals surface area contributed by atoms with Crippen LogP contribution in [0.25, 0.3) is 0 Å². The van der Waals surface area contributed by atoms with Crippen LogP contribution in [0.2, 0.25) is 0 Å². The molecule has 1 aromatic rings. The predicted octanol–water partition coefficient (Wildman–Crippen LogP) is 3.46. The Hall–Kier alpha value is -1.50. The van der Waals surface area contributed by atoms with Gasteiger partial charge >= 0.3 is 6.18 Å².